The monoisotopic (exact) mass is 305 g/mol. The van der Waals surface area contributed by atoms with Gasteiger partial charge in [0.2, 0.25) is 0 Å². The van der Waals surface area contributed by atoms with E-state index in [1.54, 1.807) is 6.92 Å². The molecule has 0 amide bonds. The molecule has 1 aromatic carbocycles. The Balaban J connectivity index is 3.11. The molecule has 0 spiro atoms. The van der Waals surface area contributed by atoms with Crippen LogP contribution in [0.2, 0.25) is 0 Å². The number of hydrogen-bond donors (Lipinski definition) is 1. The van der Waals surface area contributed by atoms with Gasteiger partial charge in [0.25, 0.3) is 0 Å². The smallest absolute Gasteiger partial charge is 0.419 e. The van der Waals surface area contributed by atoms with Crippen molar-refractivity contribution >= 4 is 5.97 Å². The zero-order valence-corrected chi connectivity index (χ0v) is 12.0. The van der Waals surface area contributed by atoms with E-state index in [1.165, 1.54) is 19.1 Å². The number of ether oxygens (including phenoxy) is 2. The van der Waals surface area contributed by atoms with Crippen LogP contribution in [0.15, 0.2) is 18.2 Å². The van der Waals surface area contributed by atoms with Crippen LogP contribution in [-0.4, -0.2) is 25.2 Å². The number of benzene rings is 1. The van der Waals surface area contributed by atoms with Crippen molar-refractivity contribution in [3.8, 4) is 5.75 Å². The minimum Gasteiger partial charge on any atom is -0.478 e. The number of nitrogens with two attached hydrogens (primary N) is 1. The molecular formula is C14H18F3NO3. The summed E-state index contributed by atoms with van der Waals surface area (Å²) in [5.74, 6) is -1.16. The van der Waals surface area contributed by atoms with Crippen molar-refractivity contribution in [2.75, 3.05) is 7.11 Å². The minimum absolute atomic E-state index is 0.258. The van der Waals surface area contributed by atoms with Crippen LogP contribution in [0.4, 0.5) is 13.2 Å². The van der Waals surface area contributed by atoms with Crippen LogP contribution in [0.25, 0.3) is 0 Å². The second-order valence-electron chi connectivity index (χ2n) is 4.79. The quantitative estimate of drug-likeness (QED) is 0.849. The third kappa shape index (κ3) is 4.93. The molecule has 7 heteroatoms. The van der Waals surface area contributed by atoms with E-state index in [0.717, 1.165) is 13.2 Å². The maximum atomic E-state index is 13.1. The number of methoxy groups -OCH3 is 1. The van der Waals surface area contributed by atoms with Gasteiger partial charge in [0, 0.05) is 6.04 Å². The minimum atomic E-state index is -4.58. The van der Waals surface area contributed by atoms with Crippen LogP contribution in [0, 0.1) is 0 Å². The average molecular weight is 305 g/mol. The third-order valence-corrected chi connectivity index (χ3v) is 2.74. The van der Waals surface area contributed by atoms with Crippen LogP contribution < -0.4 is 10.5 Å². The number of carbonyl (C=O) groups excluding carboxylic acids is 1. The van der Waals surface area contributed by atoms with Gasteiger partial charge in [-0.25, -0.2) is 4.79 Å². The number of carbonyl (C=O) groups is 1. The Kier molecular flexibility index (Phi) is 5.60. The summed E-state index contributed by atoms with van der Waals surface area (Å²) in [5, 5.41) is 0. The van der Waals surface area contributed by atoms with Crippen molar-refractivity contribution in [2.45, 2.75) is 38.6 Å². The van der Waals surface area contributed by atoms with E-state index in [0.29, 0.717) is 12.0 Å². The van der Waals surface area contributed by atoms with Gasteiger partial charge in [0.05, 0.1) is 12.7 Å². The number of esters is 1. The van der Waals surface area contributed by atoms with Crippen molar-refractivity contribution in [1.29, 1.82) is 0 Å². The summed E-state index contributed by atoms with van der Waals surface area (Å²) in [6, 6.07) is 3.42. The van der Waals surface area contributed by atoms with Crippen LogP contribution in [0.5, 0.6) is 5.75 Å². The predicted molar refractivity (Wildman–Crippen MR) is 70.9 cm³/mol. The lowest BCUT2D eigenvalue weighted by atomic mass is 10.0. The van der Waals surface area contributed by atoms with E-state index in [2.05, 4.69) is 4.74 Å². The van der Waals surface area contributed by atoms with Gasteiger partial charge in [-0.1, -0.05) is 6.07 Å². The molecular weight excluding hydrogens is 287 g/mol. The Morgan fingerprint density at radius 1 is 1.33 bits per heavy atom. The molecule has 0 saturated carbocycles. The van der Waals surface area contributed by atoms with Crippen molar-refractivity contribution < 1.29 is 27.4 Å². The highest BCUT2D eigenvalue weighted by atomic mass is 19.4. The maximum Gasteiger partial charge on any atom is 0.419 e. The number of halogens is 3. The second-order valence-corrected chi connectivity index (χ2v) is 4.79. The summed E-state index contributed by atoms with van der Waals surface area (Å²) in [7, 11) is 1.14. The van der Waals surface area contributed by atoms with Crippen molar-refractivity contribution in [1.82, 2.24) is 0 Å². The molecule has 118 valence electrons. The highest BCUT2D eigenvalue weighted by molar-refractivity contribution is 5.74. The van der Waals surface area contributed by atoms with E-state index >= 15 is 0 Å². The lowest BCUT2D eigenvalue weighted by Gasteiger charge is -2.18. The third-order valence-electron chi connectivity index (χ3n) is 2.74. The van der Waals surface area contributed by atoms with Gasteiger partial charge in [0.15, 0.2) is 6.10 Å². The number of hydrogen-bond acceptors (Lipinski definition) is 4. The zero-order valence-electron chi connectivity index (χ0n) is 12.0. The largest absolute Gasteiger partial charge is 0.478 e. The van der Waals surface area contributed by atoms with Gasteiger partial charge in [-0.15, -0.1) is 0 Å². The van der Waals surface area contributed by atoms with Crippen LogP contribution >= 0.6 is 0 Å². The van der Waals surface area contributed by atoms with Crippen LogP contribution in [0.3, 0.4) is 0 Å². The van der Waals surface area contributed by atoms with Crippen LogP contribution in [0.1, 0.15) is 25.0 Å². The predicted octanol–water partition coefficient (Wildman–Crippen LogP) is 2.54. The highest BCUT2D eigenvalue weighted by Crippen LogP contribution is 2.37. The van der Waals surface area contributed by atoms with Crippen molar-refractivity contribution in [3.63, 3.8) is 0 Å². The molecule has 0 aliphatic carbocycles. The van der Waals surface area contributed by atoms with Gasteiger partial charge in [-0.2, -0.15) is 13.2 Å². The van der Waals surface area contributed by atoms with Crippen LogP contribution in [-0.2, 0) is 22.1 Å². The molecule has 4 nitrogen and oxygen atoms in total. The van der Waals surface area contributed by atoms with Crippen molar-refractivity contribution in [2.24, 2.45) is 5.73 Å². The molecule has 0 fully saturated rings. The van der Waals surface area contributed by atoms with E-state index in [1.807, 2.05) is 0 Å². The zero-order chi connectivity index (χ0) is 16.2. The molecule has 0 bridgehead atoms. The Hall–Kier alpha value is -1.76. The molecule has 1 rings (SSSR count). The van der Waals surface area contributed by atoms with Gasteiger partial charge in [0.1, 0.15) is 5.75 Å². The average Bonchev–Trinajstić information content (AvgIpc) is 2.37. The normalized spacial score (nSPS) is 14.4. The number of alkyl halides is 3. The summed E-state index contributed by atoms with van der Waals surface area (Å²) in [6.45, 7) is 3.03. The van der Waals surface area contributed by atoms with E-state index in [9.17, 15) is 18.0 Å². The molecule has 0 saturated heterocycles. The summed E-state index contributed by atoms with van der Waals surface area (Å²) in [6.07, 6.45) is -5.40. The standard InChI is InChI=1S/C14H18F3NO3/c1-8(18)6-10-4-5-12(11(7-10)14(15,16)17)21-9(2)13(19)20-3/h4-5,7-9H,6,18H2,1-3H3. The summed E-state index contributed by atoms with van der Waals surface area (Å²) in [5.41, 5.74) is 5.11. The van der Waals surface area contributed by atoms with Crippen molar-refractivity contribution in [3.05, 3.63) is 29.3 Å². The molecule has 0 aliphatic heterocycles. The summed E-state index contributed by atoms with van der Waals surface area (Å²) in [4.78, 5) is 11.2. The van der Waals surface area contributed by atoms with E-state index < -0.39 is 29.6 Å². The first-order valence-electron chi connectivity index (χ1n) is 6.35. The second kappa shape index (κ2) is 6.80. The molecule has 0 radical (unpaired) electrons. The fourth-order valence-electron chi connectivity index (χ4n) is 1.80. The molecule has 0 aromatic heterocycles. The van der Waals surface area contributed by atoms with Gasteiger partial charge < -0.3 is 15.2 Å². The first kappa shape index (κ1) is 17.3. The number of rotatable bonds is 5. The fraction of sp³-hybridized carbons (Fsp3) is 0.500. The Morgan fingerprint density at radius 2 is 1.95 bits per heavy atom. The van der Waals surface area contributed by atoms with Gasteiger partial charge in [-0.05, 0) is 38.0 Å². The Labute approximate surface area is 121 Å². The van der Waals surface area contributed by atoms with E-state index in [-0.39, 0.29) is 6.04 Å². The first-order chi connectivity index (χ1) is 9.65. The molecule has 0 aliphatic rings. The maximum absolute atomic E-state index is 13.1. The SMILES string of the molecule is COC(=O)C(C)Oc1ccc(CC(C)N)cc1C(F)(F)F. The lowest BCUT2D eigenvalue weighted by molar-refractivity contribution is -0.150. The Morgan fingerprint density at radius 3 is 2.43 bits per heavy atom. The Bertz CT molecular complexity index is 501. The summed E-state index contributed by atoms with van der Waals surface area (Å²) < 4.78 is 48.7. The first-order valence-corrected chi connectivity index (χ1v) is 6.35. The van der Waals surface area contributed by atoms with Gasteiger partial charge in [-0.3, -0.25) is 0 Å². The highest BCUT2D eigenvalue weighted by Gasteiger charge is 2.35. The van der Waals surface area contributed by atoms with E-state index in [4.69, 9.17) is 10.5 Å². The molecule has 2 atom stereocenters. The van der Waals surface area contributed by atoms with Gasteiger partial charge >= 0.3 is 12.1 Å². The fourth-order valence-corrected chi connectivity index (χ4v) is 1.80. The molecule has 21 heavy (non-hydrogen) atoms. The topological polar surface area (TPSA) is 61.5 Å². The summed E-state index contributed by atoms with van der Waals surface area (Å²) >= 11 is 0. The molecule has 0 heterocycles. The molecule has 1 aromatic rings. The lowest BCUT2D eigenvalue weighted by Crippen LogP contribution is -2.26. The molecule has 2 unspecified atom stereocenters. The molecule has 2 N–H and O–H groups in total.